The molecule has 108 valence electrons. The summed E-state index contributed by atoms with van der Waals surface area (Å²) in [4.78, 5) is 2.33. The Bertz CT molecular complexity index is 821. The van der Waals surface area contributed by atoms with Crippen molar-refractivity contribution in [2.45, 2.75) is 6.18 Å². The number of aromatic nitrogens is 1. The van der Waals surface area contributed by atoms with Crippen LogP contribution in [0.2, 0.25) is 10.0 Å². The molecule has 0 saturated carbocycles. The molecule has 6 heteroatoms. The summed E-state index contributed by atoms with van der Waals surface area (Å²) >= 11 is 12.1. The van der Waals surface area contributed by atoms with E-state index in [4.69, 9.17) is 23.2 Å². The molecule has 0 spiro atoms. The molecule has 1 heterocycles. The first kappa shape index (κ1) is 14.3. The zero-order valence-corrected chi connectivity index (χ0v) is 11.9. The molecule has 3 aromatic rings. The van der Waals surface area contributed by atoms with E-state index in [0.717, 1.165) is 11.6 Å². The maximum Gasteiger partial charge on any atom is 0.431 e. The lowest BCUT2D eigenvalue weighted by atomic mass is 10.0. The van der Waals surface area contributed by atoms with E-state index in [9.17, 15) is 13.2 Å². The number of benzene rings is 2. The van der Waals surface area contributed by atoms with Gasteiger partial charge in [0.05, 0.1) is 5.02 Å². The molecule has 0 radical (unpaired) electrons. The molecule has 1 nitrogen and oxygen atoms in total. The van der Waals surface area contributed by atoms with Crippen LogP contribution in [0.1, 0.15) is 5.69 Å². The van der Waals surface area contributed by atoms with E-state index in [-0.39, 0.29) is 0 Å². The number of halogens is 5. The second-order valence-electron chi connectivity index (χ2n) is 4.61. The minimum Gasteiger partial charge on any atom is -0.351 e. The van der Waals surface area contributed by atoms with Crippen LogP contribution >= 0.6 is 23.2 Å². The largest absolute Gasteiger partial charge is 0.431 e. The van der Waals surface area contributed by atoms with Gasteiger partial charge >= 0.3 is 6.18 Å². The van der Waals surface area contributed by atoms with Gasteiger partial charge in [-0.05, 0) is 35.9 Å². The van der Waals surface area contributed by atoms with Crippen LogP contribution in [-0.4, -0.2) is 4.98 Å². The Morgan fingerprint density at radius 3 is 2.38 bits per heavy atom. The summed E-state index contributed by atoms with van der Waals surface area (Å²) in [5, 5.41) is 1.34. The minimum absolute atomic E-state index is 0.345. The highest BCUT2D eigenvalue weighted by Crippen LogP contribution is 2.36. The number of nitrogens with one attached hydrogen (secondary N) is 1. The van der Waals surface area contributed by atoms with Crippen LogP contribution in [0.5, 0.6) is 0 Å². The molecular weight excluding hydrogens is 322 g/mol. The van der Waals surface area contributed by atoms with Gasteiger partial charge in [0.2, 0.25) is 0 Å². The predicted octanol–water partition coefficient (Wildman–Crippen LogP) is 6.16. The SMILES string of the molecule is FC(F)(F)c1cc2cc(-c3cccc(Cl)c3)c(Cl)cc2[nH]1. The maximum atomic E-state index is 12.7. The van der Waals surface area contributed by atoms with Crippen LogP contribution in [0.25, 0.3) is 22.0 Å². The lowest BCUT2D eigenvalue weighted by Gasteiger charge is -2.05. The van der Waals surface area contributed by atoms with Crippen LogP contribution < -0.4 is 0 Å². The van der Waals surface area contributed by atoms with Crippen molar-refractivity contribution in [1.29, 1.82) is 0 Å². The topological polar surface area (TPSA) is 15.8 Å². The molecule has 0 atom stereocenters. The third kappa shape index (κ3) is 2.74. The normalized spacial score (nSPS) is 12.0. The van der Waals surface area contributed by atoms with Gasteiger partial charge in [-0.3, -0.25) is 0 Å². The number of hydrogen-bond acceptors (Lipinski definition) is 0. The number of aromatic amines is 1. The van der Waals surface area contributed by atoms with E-state index in [0.29, 0.717) is 26.5 Å². The average Bonchev–Trinajstić information content (AvgIpc) is 2.80. The summed E-state index contributed by atoms with van der Waals surface area (Å²) in [6.45, 7) is 0. The Morgan fingerprint density at radius 1 is 0.952 bits per heavy atom. The molecule has 1 aromatic heterocycles. The number of H-pyrrole nitrogens is 1. The summed E-state index contributed by atoms with van der Waals surface area (Å²) in [5.41, 5.74) is 0.943. The zero-order chi connectivity index (χ0) is 15.2. The summed E-state index contributed by atoms with van der Waals surface area (Å²) < 4.78 is 38.2. The van der Waals surface area contributed by atoms with Crippen LogP contribution in [0.3, 0.4) is 0 Å². The van der Waals surface area contributed by atoms with Gasteiger partial charge in [-0.25, -0.2) is 0 Å². The van der Waals surface area contributed by atoms with Crippen LogP contribution in [-0.2, 0) is 6.18 Å². The molecule has 0 amide bonds. The van der Waals surface area contributed by atoms with E-state index >= 15 is 0 Å². The summed E-state index contributed by atoms with van der Waals surface area (Å²) in [5.74, 6) is 0. The molecule has 0 aliphatic heterocycles. The van der Waals surface area contributed by atoms with Gasteiger partial charge in [-0.1, -0.05) is 35.3 Å². The first-order chi connectivity index (χ1) is 9.84. The van der Waals surface area contributed by atoms with Gasteiger partial charge < -0.3 is 4.98 Å². The molecule has 1 N–H and O–H groups in total. The van der Waals surface area contributed by atoms with Crippen molar-refractivity contribution >= 4 is 34.1 Å². The molecule has 3 rings (SSSR count). The number of rotatable bonds is 1. The van der Waals surface area contributed by atoms with Gasteiger partial charge in [0.15, 0.2) is 0 Å². The van der Waals surface area contributed by atoms with Gasteiger partial charge in [-0.15, -0.1) is 0 Å². The Balaban J connectivity index is 2.19. The van der Waals surface area contributed by atoms with Crippen molar-refractivity contribution in [3.8, 4) is 11.1 Å². The van der Waals surface area contributed by atoms with E-state index in [1.165, 1.54) is 6.07 Å². The fourth-order valence-electron chi connectivity index (χ4n) is 2.18. The van der Waals surface area contributed by atoms with Crippen LogP contribution in [0, 0.1) is 0 Å². The quantitative estimate of drug-likeness (QED) is 0.550. The first-order valence-electron chi connectivity index (χ1n) is 6.00. The Labute approximate surface area is 128 Å². The fourth-order valence-corrected chi connectivity index (χ4v) is 2.65. The maximum absolute atomic E-state index is 12.7. The number of fused-ring (bicyclic) bond motifs is 1. The van der Waals surface area contributed by atoms with Gasteiger partial charge in [0.25, 0.3) is 0 Å². The van der Waals surface area contributed by atoms with Crippen molar-refractivity contribution in [3.63, 3.8) is 0 Å². The lowest BCUT2D eigenvalue weighted by Crippen LogP contribution is -2.04. The molecule has 0 fully saturated rings. The van der Waals surface area contributed by atoms with E-state index in [1.807, 2.05) is 0 Å². The smallest absolute Gasteiger partial charge is 0.351 e. The third-order valence-electron chi connectivity index (χ3n) is 3.15. The highest BCUT2D eigenvalue weighted by Gasteiger charge is 2.32. The minimum atomic E-state index is -4.41. The van der Waals surface area contributed by atoms with Crippen molar-refractivity contribution in [2.75, 3.05) is 0 Å². The number of alkyl halides is 3. The Kier molecular flexibility index (Phi) is 3.38. The summed E-state index contributed by atoms with van der Waals surface area (Å²) in [6, 6.07) is 11.2. The fraction of sp³-hybridized carbons (Fsp3) is 0.0667. The average molecular weight is 330 g/mol. The summed E-state index contributed by atoms with van der Waals surface area (Å²) in [7, 11) is 0. The Hall–Kier alpha value is -1.65. The molecule has 0 unspecified atom stereocenters. The molecule has 0 bridgehead atoms. The standard InChI is InChI=1S/C15H8Cl2F3N/c16-10-3-1-2-8(4-10)11-5-9-6-14(15(18,19)20)21-13(9)7-12(11)17/h1-7,21H. The van der Waals surface area contributed by atoms with Crippen LogP contribution in [0.15, 0.2) is 42.5 Å². The molecule has 2 aromatic carbocycles. The summed E-state index contributed by atoms with van der Waals surface area (Å²) in [6.07, 6.45) is -4.41. The molecule has 0 aliphatic carbocycles. The zero-order valence-electron chi connectivity index (χ0n) is 10.4. The van der Waals surface area contributed by atoms with Crippen LogP contribution in [0.4, 0.5) is 13.2 Å². The lowest BCUT2D eigenvalue weighted by molar-refractivity contribution is -0.140. The monoisotopic (exact) mass is 329 g/mol. The second kappa shape index (κ2) is 4.97. The molecule has 0 saturated heterocycles. The predicted molar refractivity (Wildman–Crippen MR) is 78.8 cm³/mol. The highest BCUT2D eigenvalue weighted by atomic mass is 35.5. The van der Waals surface area contributed by atoms with Gasteiger partial charge in [0, 0.05) is 21.5 Å². The van der Waals surface area contributed by atoms with Gasteiger partial charge in [-0.2, -0.15) is 13.2 Å². The molecular formula is C15H8Cl2F3N. The van der Waals surface area contributed by atoms with Gasteiger partial charge in [0.1, 0.15) is 5.69 Å². The number of hydrogen-bond donors (Lipinski definition) is 1. The Morgan fingerprint density at radius 2 is 1.71 bits per heavy atom. The molecule has 0 aliphatic rings. The van der Waals surface area contributed by atoms with Crippen molar-refractivity contribution < 1.29 is 13.2 Å². The third-order valence-corrected chi connectivity index (χ3v) is 3.70. The van der Waals surface area contributed by atoms with Crippen molar-refractivity contribution in [1.82, 2.24) is 4.98 Å². The van der Waals surface area contributed by atoms with E-state index in [2.05, 4.69) is 4.98 Å². The van der Waals surface area contributed by atoms with Crippen molar-refractivity contribution in [2.24, 2.45) is 0 Å². The molecule has 21 heavy (non-hydrogen) atoms. The second-order valence-corrected chi connectivity index (χ2v) is 5.45. The highest BCUT2D eigenvalue weighted by molar-refractivity contribution is 6.34. The first-order valence-corrected chi connectivity index (χ1v) is 6.75. The van der Waals surface area contributed by atoms with E-state index < -0.39 is 11.9 Å². The van der Waals surface area contributed by atoms with E-state index in [1.54, 1.807) is 30.3 Å². The van der Waals surface area contributed by atoms with Crippen molar-refractivity contribution in [3.05, 3.63) is 58.2 Å².